The first-order valence-electron chi connectivity index (χ1n) is 7.10. The maximum atomic E-state index is 12.8. The van der Waals surface area contributed by atoms with E-state index in [2.05, 4.69) is 17.2 Å². The lowest BCUT2D eigenvalue weighted by Gasteiger charge is -2.34. The molecule has 1 fully saturated rings. The predicted octanol–water partition coefficient (Wildman–Crippen LogP) is 3.58. The number of hydrogen-bond acceptors (Lipinski definition) is 2. The number of hydrogen-bond donors (Lipinski definition) is 1. The SMILES string of the molecule is Cn1c(C2(C)CCCCN2)nc2cc(C(F)(F)F)ccc21. The van der Waals surface area contributed by atoms with Gasteiger partial charge in [0.2, 0.25) is 0 Å². The molecule has 0 radical (unpaired) electrons. The fraction of sp³-hybridized carbons (Fsp3) is 0.533. The zero-order valence-electron chi connectivity index (χ0n) is 12.1. The normalized spacial score (nSPS) is 23.7. The first kappa shape index (κ1) is 14.4. The molecular weight excluding hydrogens is 279 g/mol. The van der Waals surface area contributed by atoms with Crippen molar-refractivity contribution in [2.45, 2.75) is 37.9 Å². The summed E-state index contributed by atoms with van der Waals surface area (Å²) in [6.07, 6.45) is -1.17. The number of benzene rings is 1. The molecule has 1 atom stereocenters. The van der Waals surface area contributed by atoms with Gasteiger partial charge >= 0.3 is 6.18 Å². The lowest BCUT2D eigenvalue weighted by Crippen LogP contribution is -2.45. The average molecular weight is 297 g/mol. The molecule has 6 heteroatoms. The Morgan fingerprint density at radius 2 is 2.05 bits per heavy atom. The number of imidazole rings is 1. The summed E-state index contributed by atoms with van der Waals surface area (Å²) in [6.45, 7) is 2.98. The number of aromatic nitrogens is 2. The van der Waals surface area contributed by atoms with Crippen LogP contribution < -0.4 is 5.32 Å². The highest BCUT2D eigenvalue weighted by Gasteiger charge is 2.34. The molecule has 1 aromatic heterocycles. The third-order valence-corrected chi connectivity index (χ3v) is 4.32. The topological polar surface area (TPSA) is 29.9 Å². The van der Waals surface area contributed by atoms with Crippen molar-refractivity contribution in [2.24, 2.45) is 7.05 Å². The van der Waals surface area contributed by atoms with Gasteiger partial charge in [-0.05, 0) is 50.9 Å². The molecule has 2 heterocycles. The van der Waals surface area contributed by atoms with Gasteiger partial charge < -0.3 is 9.88 Å². The fourth-order valence-electron chi connectivity index (χ4n) is 3.12. The summed E-state index contributed by atoms with van der Waals surface area (Å²) >= 11 is 0. The van der Waals surface area contributed by atoms with Crippen molar-refractivity contribution in [2.75, 3.05) is 6.54 Å². The van der Waals surface area contributed by atoms with Crippen molar-refractivity contribution in [1.29, 1.82) is 0 Å². The van der Waals surface area contributed by atoms with Crippen LogP contribution in [0.1, 0.15) is 37.6 Å². The zero-order chi connectivity index (χ0) is 15.3. The Kier molecular flexibility index (Phi) is 3.24. The third kappa shape index (κ3) is 2.41. The van der Waals surface area contributed by atoms with E-state index in [4.69, 9.17) is 0 Å². The third-order valence-electron chi connectivity index (χ3n) is 4.32. The summed E-state index contributed by atoms with van der Waals surface area (Å²) in [6, 6.07) is 3.75. The molecule has 21 heavy (non-hydrogen) atoms. The maximum absolute atomic E-state index is 12.8. The van der Waals surface area contributed by atoms with Crippen LogP contribution in [0, 0.1) is 0 Å². The van der Waals surface area contributed by atoms with Crippen LogP contribution in [0.3, 0.4) is 0 Å². The van der Waals surface area contributed by atoms with E-state index in [0.29, 0.717) is 5.52 Å². The van der Waals surface area contributed by atoms with Crippen molar-refractivity contribution in [3.05, 3.63) is 29.6 Å². The van der Waals surface area contributed by atoms with Crippen LogP contribution in [0.4, 0.5) is 13.2 Å². The Balaban J connectivity index is 2.11. The van der Waals surface area contributed by atoms with E-state index in [9.17, 15) is 13.2 Å². The highest BCUT2D eigenvalue weighted by Crippen LogP contribution is 2.34. The fourth-order valence-corrected chi connectivity index (χ4v) is 3.12. The molecule has 1 aliphatic heterocycles. The lowest BCUT2D eigenvalue weighted by molar-refractivity contribution is -0.137. The summed E-state index contributed by atoms with van der Waals surface area (Å²) in [5.41, 5.74) is 0.202. The number of rotatable bonds is 1. The standard InChI is InChI=1S/C15H18F3N3/c1-14(7-3-4-8-19-14)13-20-11-9-10(15(16,17)18)5-6-12(11)21(13)2/h5-6,9,19H,3-4,7-8H2,1-2H3. The van der Waals surface area contributed by atoms with Gasteiger partial charge in [0, 0.05) is 7.05 Å². The number of halogens is 3. The van der Waals surface area contributed by atoms with Crippen molar-refractivity contribution < 1.29 is 13.2 Å². The Labute approximate surface area is 121 Å². The zero-order valence-corrected chi connectivity index (χ0v) is 12.1. The number of fused-ring (bicyclic) bond motifs is 1. The van der Waals surface area contributed by atoms with Gasteiger partial charge in [0.05, 0.1) is 22.1 Å². The molecule has 114 valence electrons. The Morgan fingerprint density at radius 3 is 2.67 bits per heavy atom. The average Bonchev–Trinajstić information content (AvgIpc) is 2.76. The van der Waals surface area contributed by atoms with Crippen molar-refractivity contribution >= 4 is 11.0 Å². The molecule has 2 aromatic rings. The molecule has 3 nitrogen and oxygen atoms in total. The highest BCUT2D eigenvalue weighted by molar-refractivity contribution is 5.77. The van der Waals surface area contributed by atoms with E-state index in [1.54, 1.807) is 0 Å². The predicted molar refractivity (Wildman–Crippen MR) is 74.9 cm³/mol. The van der Waals surface area contributed by atoms with E-state index in [-0.39, 0.29) is 5.54 Å². The van der Waals surface area contributed by atoms with E-state index in [0.717, 1.165) is 49.3 Å². The molecule has 0 saturated carbocycles. The molecule has 1 saturated heterocycles. The first-order valence-corrected chi connectivity index (χ1v) is 7.10. The lowest BCUT2D eigenvalue weighted by atomic mass is 9.90. The summed E-state index contributed by atoms with van der Waals surface area (Å²) in [7, 11) is 1.86. The molecule has 1 unspecified atom stereocenters. The molecular formula is C15H18F3N3. The largest absolute Gasteiger partial charge is 0.416 e. The van der Waals surface area contributed by atoms with E-state index in [1.807, 2.05) is 11.6 Å². The minimum Gasteiger partial charge on any atom is -0.330 e. The second-order valence-electron chi connectivity index (χ2n) is 5.91. The van der Waals surface area contributed by atoms with Gasteiger partial charge in [0.1, 0.15) is 5.82 Å². The number of nitrogens with zero attached hydrogens (tertiary/aromatic N) is 2. The van der Waals surface area contributed by atoms with Gasteiger partial charge in [0.25, 0.3) is 0 Å². The molecule has 0 bridgehead atoms. The van der Waals surface area contributed by atoms with Gasteiger partial charge in [-0.1, -0.05) is 0 Å². The Bertz CT molecular complexity index is 667. The summed E-state index contributed by atoms with van der Waals surface area (Å²) in [5, 5.41) is 3.45. The van der Waals surface area contributed by atoms with Crippen LogP contribution in [0.2, 0.25) is 0 Å². The summed E-state index contributed by atoms with van der Waals surface area (Å²) in [5.74, 6) is 0.802. The second kappa shape index (κ2) is 4.73. The van der Waals surface area contributed by atoms with Crippen LogP contribution >= 0.6 is 0 Å². The van der Waals surface area contributed by atoms with Gasteiger partial charge in [-0.3, -0.25) is 0 Å². The van der Waals surface area contributed by atoms with Crippen LogP contribution in [0.5, 0.6) is 0 Å². The second-order valence-corrected chi connectivity index (χ2v) is 5.91. The molecule has 0 spiro atoms. The van der Waals surface area contributed by atoms with Crippen LogP contribution in [0.25, 0.3) is 11.0 Å². The first-order chi connectivity index (χ1) is 9.81. The van der Waals surface area contributed by atoms with Crippen molar-refractivity contribution in [3.8, 4) is 0 Å². The van der Waals surface area contributed by atoms with E-state index < -0.39 is 11.7 Å². The molecule has 0 amide bonds. The van der Waals surface area contributed by atoms with Gasteiger partial charge in [-0.15, -0.1) is 0 Å². The Morgan fingerprint density at radius 1 is 1.29 bits per heavy atom. The van der Waals surface area contributed by atoms with Gasteiger partial charge in [-0.25, -0.2) is 4.98 Å². The van der Waals surface area contributed by atoms with Crippen LogP contribution in [0.15, 0.2) is 18.2 Å². The summed E-state index contributed by atoms with van der Waals surface area (Å²) < 4.78 is 40.3. The van der Waals surface area contributed by atoms with Gasteiger partial charge in [-0.2, -0.15) is 13.2 Å². The van der Waals surface area contributed by atoms with E-state index in [1.165, 1.54) is 6.07 Å². The molecule has 1 N–H and O–H groups in total. The Hall–Kier alpha value is -1.56. The van der Waals surface area contributed by atoms with Crippen LogP contribution in [-0.4, -0.2) is 16.1 Å². The van der Waals surface area contributed by atoms with Crippen molar-refractivity contribution in [1.82, 2.24) is 14.9 Å². The quantitative estimate of drug-likeness (QED) is 0.872. The van der Waals surface area contributed by atoms with Crippen LogP contribution in [-0.2, 0) is 18.8 Å². The molecule has 1 aromatic carbocycles. The maximum Gasteiger partial charge on any atom is 0.416 e. The number of nitrogens with one attached hydrogen (secondary N) is 1. The smallest absolute Gasteiger partial charge is 0.330 e. The minimum atomic E-state index is -4.33. The van der Waals surface area contributed by atoms with Crippen molar-refractivity contribution in [3.63, 3.8) is 0 Å². The molecule has 0 aliphatic carbocycles. The number of alkyl halides is 3. The molecule has 3 rings (SSSR count). The van der Waals surface area contributed by atoms with Gasteiger partial charge in [0.15, 0.2) is 0 Å². The highest BCUT2D eigenvalue weighted by atomic mass is 19.4. The number of aryl methyl sites for hydroxylation is 1. The minimum absolute atomic E-state index is 0.273. The summed E-state index contributed by atoms with van der Waals surface area (Å²) in [4.78, 5) is 4.48. The van der Waals surface area contributed by atoms with E-state index >= 15 is 0 Å². The molecule has 1 aliphatic rings. The number of piperidine rings is 1. The monoisotopic (exact) mass is 297 g/mol.